The van der Waals surface area contributed by atoms with E-state index in [0.717, 1.165) is 120 Å². The van der Waals surface area contributed by atoms with E-state index in [-0.39, 0.29) is 45.5 Å². The fourth-order valence-corrected chi connectivity index (χ4v) is 22.8. The number of rotatable bonds is 4. The summed E-state index contributed by atoms with van der Waals surface area (Å²) in [5, 5.41) is 4.03. The number of hydrogen-bond acceptors (Lipinski definition) is 10. The normalized spacial score (nSPS) is 47.2. The van der Waals surface area contributed by atoms with E-state index in [4.69, 9.17) is 30.2 Å². The van der Waals surface area contributed by atoms with E-state index >= 15 is 0 Å². The second kappa shape index (κ2) is 20.4. The average Bonchev–Trinajstić information content (AvgIpc) is 4.36. The van der Waals surface area contributed by atoms with Gasteiger partial charge in [-0.15, -0.1) is 0 Å². The van der Waals surface area contributed by atoms with Crippen molar-refractivity contribution in [3.63, 3.8) is 0 Å². The molecule has 0 bridgehead atoms. The van der Waals surface area contributed by atoms with Crippen LogP contribution in [0.1, 0.15) is 189 Å². The van der Waals surface area contributed by atoms with Gasteiger partial charge in [0.2, 0.25) is 0 Å². The summed E-state index contributed by atoms with van der Waals surface area (Å²) in [4.78, 5) is 5.37. The highest BCUT2D eigenvalue weighted by Gasteiger charge is 2.69. The molecule has 0 aromatic heterocycles. The molecule has 0 unspecified atom stereocenters. The minimum Gasteiger partial charge on any atom is -0.380 e. The van der Waals surface area contributed by atoms with Gasteiger partial charge in [-0.3, -0.25) is 0 Å². The first-order valence-electron chi connectivity index (χ1n) is 31.6. The Labute approximate surface area is 476 Å². The maximum atomic E-state index is 12.9. The summed E-state index contributed by atoms with van der Waals surface area (Å²) >= 11 is 0. The Bertz CT molecular complexity index is 2700. The van der Waals surface area contributed by atoms with E-state index in [1.807, 2.05) is 6.92 Å². The highest BCUT2D eigenvalue weighted by atomic mass is 32.2. The molecule has 446 valence electrons. The minimum atomic E-state index is -5.63. The topological polar surface area (TPSA) is 158 Å². The first-order valence-corrected chi connectivity index (χ1v) is 33.0. The van der Waals surface area contributed by atoms with E-state index in [9.17, 15) is 21.6 Å². The first kappa shape index (κ1) is 58.0. The summed E-state index contributed by atoms with van der Waals surface area (Å²) in [6, 6.07) is 1.12. The Morgan fingerprint density at radius 1 is 0.575 bits per heavy atom. The summed E-state index contributed by atoms with van der Waals surface area (Å²) < 4.78 is 91.5. The number of azide groups is 1. The molecule has 0 amide bonds. The third-order valence-corrected chi connectivity index (χ3v) is 27.8. The van der Waals surface area contributed by atoms with Gasteiger partial charge in [-0.1, -0.05) is 81.6 Å². The molecule has 14 rings (SSSR count). The van der Waals surface area contributed by atoms with Gasteiger partial charge in [0.05, 0.1) is 26.4 Å². The van der Waals surface area contributed by atoms with Crippen molar-refractivity contribution >= 4 is 10.1 Å². The van der Waals surface area contributed by atoms with Crippen molar-refractivity contribution in [2.45, 2.75) is 224 Å². The lowest BCUT2D eigenvalue weighted by molar-refractivity contribution is -0.242. The van der Waals surface area contributed by atoms with Crippen molar-refractivity contribution in [1.29, 1.82) is 0 Å². The number of alkyl halides is 3. The summed E-state index contributed by atoms with van der Waals surface area (Å²) in [5.41, 5.74) is 15.1. The predicted molar refractivity (Wildman–Crippen MR) is 302 cm³/mol. The molecule has 2 N–H and O–H groups in total. The van der Waals surface area contributed by atoms with Crippen LogP contribution in [0.5, 0.6) is 0 Å². The fraction of sp³-hybridized carbons (Fsp3) is 0.875. The lowest BCUT2D eigenvalue weighted by Gasteiger charge is -2.58. The van der Waals surface area contributed by atoms with Crippen molar-refractivity contribution in [3.8, 4) is 0 Å². The van der Waals surface area contributed by atoms with Gasteiger partial charge in [0.15, 0.2) is 11.6 Å². The molecule has 0 aromatic carbocycles. The standard InChI is InChI=1S/C22H32F3NO3S.C21H31N3O2.C21H33NO2/c1-20-11-9-15(26(3)4)13-14(20)5-6-16-17-7-8-19(21(17,2)12-10-18(16)20)29-30(27,28)22(23,24)25;1-19-8-5-15(23-24-22)13-14(19)3-4-16-17(19)6-9-20(2)18(16)7-10-21(20)25-11-12-26-21;1-19-8-5-15(22)13-14(19)3-4-16-17(19)6-9-20(2)18(16)7-10-21(20)23-11-12-24-21/h5,8,15-18H,6-7,9-13H2,1-4H3;3,15-18H,4-13H2,1-2H3;3,15-18H,4-13,22H2,1-2H3/t15-,16-,17-,18-,20-,21-;2*15-,16+,17-,18-,19-,20-/m000/s1. The molecule has 2 aliphatic heterocycles. The fourth-order valence-electron chi connectivity index (χ4n) is 22.2. The van der Waals surface area contributed by atoms with Crippen molar-refractivity contribution in [2.75, 3.05) is 40.5 Å². The van der Waals surface area contributed by atoms with Crippen LogP contribution < -0.4 is 5.73 Å². The van der Waals surface area contributed by atoms with Gasteiger partial charge in [-0.2, -0.15) is 21.6 Å². The zero-order valence-electron chi connectivity index (χ0n) is 49.6. The zero-order valence-corrected chi connectivity index (χ0v) is 50.4. The smallest absolute Gasteiger partial charge is 0.380 e. The van der Waals surface area contributed by atoms with Crippen LogP contribution in [0.15, 0.2) is 51.9 Å². The van der Waals surface area contributed by atoms with Crippen LogP contribution in [-0.2, 0) is 33.2 Å². The summed E-state index contributed by atoms with van der Waals surface area (Å²) in [6.45, 7) is 17.3. The van der Waals surface area contributed by atoms with Crippen LogP contribution >= 0.6 is 0 Å². The van der Waals surface area contributed by atoms with Crippen molar-refractivity contribution < 1.29 is 44.7 Å². The third kappa shape index (κ3) is 8.80. The molecular weight excluding hydrogens is 1040 g/mol. The van der Waals surface area contributed by atoms with Crippen LogP contribution in [0.25, 0.3) is 10.4 Å². The zero-order chi connectivity index (χ0) is 56.7. The average molecular weight is 1140 g/mol. The van der Waals surface area contributed by atoms with Crippen LogP contribution in [0.2, 0.25) is 0 Å². The Hall–Kier alpha value is -2.43. The SMILES string of the molecule is CN(C)[C@H]1CC[C@@]2(C)C(=CC[C@@H]3[C@@H]2CC[C@]2(C)C(OS(=O)(=O)C(F)(F)F)=CC[C@@H]32)C1.C[C@]12CC[C@H](N)CC1=CC[C@@H]1[C@@H]2CC[C@@]2(C)[C@H]1CCC21OCCO1.C[C@]12CC[C@H](N=[N+]=[N-])CC1=CC[C@@H]1[C@@H]2CC[C@@]2(C)[C@H]1CCC21OCCO1. The number of fused-ring (bicyclic) bond motifs is 17. The van der Waals surface area contributed by atoms with Crippen molar-refractivity contribution in [3.05, 3.63) is 57.2 Å². The lowest BCUT2D eigenvalue weighted by atomic mass is 9.47. The largest absolute Gasteiger partial charge is 0.534 e. The van der Waals surface area contributed by atoms with Gasteiger partial charge < -0.3 is 33.8 Å². The lowest BCUT2D eigenvalue weighted by Crippen LogP contribution is -2.55. The van der Waals surface area contributed by atoms with E-state index in [1.54, 1.807) is 22.8 Å². The van der Waals surface area contributed by atoms with E-state index in [2.05, 4.69) is 86.1 Å². The monoisotopic (exact) mass is 1140 g/mol. The number of ether oxygens (including phenoxy) is 4. The molecule has 12 nitrogen and oxygen atoms in total. The molecule has 8 saturated carbocycles. The van der Waals surface area contributed by atoms with Crippen molar-refractivity contribution in [1.82, 2.24) is 4.90 Å². The highest BCUT2D eigenvalue weighted by Crippen LogP contribution is 2.71. The van der Waals surface area contributed by atoms with Gasteiger partial charge in [0.25, 0.3) is 0 Å². The highest BCUT2D eigenvalue weighted by molar-refractivity contribution is 7.87. The molecule has 2 spiro atoms. The molecule has 0 aromatic rings. The first-order chi connectivity index (χ1) is 37.8. The Kier molecular flexibility index (Phi) is 14.8. The summed E-state index contributed by atoms with van der Waals surface area (Å²) in [7, 11) is -1.37. The maximum Gasteiger partial charge on any atom is 0.534 e. The van der Waals surface area contributed by atoms with Gasteiger partial charge in [0, 0.05) is 52.1 Å². The van der Waals surface area contributed by atoms with Crippen LogP contribution in [0.4, 0.5) is 13.2 Å². The Morgan fingerprint density at radius 3 is 1.51 bits per heavy atom. The molecule has 16 heteroatoms. The summed E-state index contributed by atoms with van der Waals surface area (Å²) in [5.74, 6) is 5.06. The van der Waals surface area contributed by atoms with Crippen LogP contribution in [0, 0.1) is 85.8 Å². The minimum absolute atomic E-state index is 0.000444. The van der Waals surface area contributed by atoms with Gasteiger partial charge in [-0.05, 0) is 230 Å². The number of nitrogens with zero attached hydrogens (tertiary/aromatic N) is 4. The molecule has 14 aliphatic rings. The maximum absolute atomic E-state index is 12.9. The molecule has 18 atom stereocenters. The molecule has 2 saturated heterocycles. The van der Waals surface area contributed by atoms with E-state index in [0.29, 0.717) is 53.5 Å². The van der Waals surface area contributed by atoms with E-state index in [1.165, 1.54) is 70.6 Å². The number of allylic oxidation sites excluding steroid dienone is 5. The van der Waals surface area contributed by atoms with Crippen LogP contribution in [-0.4, -0.2) is 89.0 Å². The second-order valence-corrected chi connectivity index (χ2v) is 31.4. The molecule has 2 heterocycles. The number of halogens is 3. The van der Waals surface area contributed by atoms with Gasteiger partial charge >= 0.3 is 15.6 Å². The quantitative estimate of drug-likeness (QED) is 0.0722. The number of hydrogen-bond donors (Lipinski definition) is 1. The Balaban J connectivity index is 0.000000120. The molecule has 12 aliphatic carbocycles. The third-order valence-electron chi connectivity index (χ3n) is 26.8. The Morgan fingerprint density at radius 2 is 1.01 bits per heavy atom. The predicted octanol–water partition coefficient (Wildman–Crippen LogP) is 14.6. The summed E-state index contributed by atoms with van der Waals surface area (Å²) in [6.07, 6.45) is 34.6. The second-order valence-electron chi connectivity index (χ2n) is 29.9. The van der Waals surface area contributed by atoms with Crippen LogP contribution in [0.3, 0.4) is 0 Å². The van der Waals surface area contributed by atoms with Gasteiger partial charge in [-0.25, -0.2) is 0 Å². The van der Waals surface area contributed by atoms with Crippen molar-refractivity contribution in [2.24, 2.45) is 96.6 Å². The molecule has 0 radical (unpaired) electrons. The molecule has 10 fully saturated rings. The number of nitrogens with two attached hydrogens (primary N) is 1. The molecular formula is C64H96F3N5O7S. The van der Waals surface area contributed by atoms with Gasteiger partial charge in [0.1, 0.15) is 5.76 Å². The van der Waals surface area contributed by atoms with E-state index < -0.39 is 21.0 Å². The molecule has 80 heavy (non-hydrogen) atoms.